The van der Waals surface area contributed by atoms with Crippen molar-refractivity contribution in [2.24, 2.45) is 5.92 Å². The van der Waals surface area contributed by atoms with E-state index in [-0.39, 0.29) is 23.8 Å². The quantitative estimate of drug-likeness (QED) is 0.682. The van der Waals surface area contributed by atoms with Crippen LogP contribution >= 0.6 is 0 Å². The van der Waals surface area contributed by atoms with Crippen molar-refractivity contribution in [3.8, 4) is 0 Å². The predicted octanol–water partition coefficient (Wildman–Crippen LogP) is 1.56. The Bertz CT molecular complexity index is 476. The third kappa shape index (κ3) is 5.48. The highest BCUT2D eigenvalue weighted by Crippen LogP contribution is 2.09. The molecule has 5 nitrogen and oxygen atoms in total. The fourth-order valence-corrected chi connectivity index (χ4v) is 1.98. The van der Waals surface area contributed by atoms with E-state index in [1.54, 1.807) is 12.1 Å². The third-order valence-electron chi connectivity index (χ3n) is 3.89. The zero-order valence-electron chi connectivity index (χ0n) is 13.8. The van der Waals surface area contributed by atoms with Crippen LogP contribution in [0.3, 0.4) is 0 Å². The highest BCUT2D eigenvalue weighted by Gasteiger charge is 2.26. The Morgan fingerprint density at radius 3 is 2.32 bits per heavy atom. The summed E-state index contributed by atoms with van der Waals surface area (Å²) in [6.45, 7) is 6.50. The van der Waals surface area contributed by atoms with Gasteiger partial charge < -0.3 is 16.0 Å². The third-order valence-corrected chi connectivity index (χ3v) is 3.89. The Labute approximate surface area is 132 Å². The second-order valence-electron chi connectivity index (χ2n) is 5.64. The van der Waals surface area contributed by atoms with Crippen molar-refractivity contribution < 1.29 is 9.59 Å². The zero-order chi connectivity index (χ0) is 16.5. The maximum absolute atomic E-state index is 12.4. The molecule has 0 saturated carbocycles. The van der Waals surface area contributed by atoms with E-state index in [0.717, 1.165) is 6.42 Å². The summed E-state index contributed by atoms with van der Waals surface area (Å²) >= 11 is 0. The maximum Gasteiger partial charge on any atom is 0.251 e. The van der Waals surface area contributed by atoms with Crippen molar-refractivity contribution in [1.82, 2.24) is 16.0 Å². The molecule has 0 aromatic heterocycles. The minimum Gasteiger partial charge on any atom is -0.353 e. The van der Waals surface area contributed by atoms with Crippen molar-refractivity contribution in [2.45, 2.75) is 39.3 Å². The van der Waals surface area contributed by atoms with Gasteiger partial charge in [0.15, 0.2) is 0 Å². The molecular formula is C17H27N3O2. The second-order valence-corrected chi connectivity index (χ2v) is 5.64. The van der Waals surface area contributed by atoms with Crippen LogP contribution < -0.4 is 16.0 Å². The van der Waals surface area contributed by atoms with Crippen molar-refractivity contribution in [2.75, 3.05) is 13.6 Å². The number of rotatable bonds is 8. The van der Waals surface area contributed by atoms with E-state index in [1.807, 2.05) is 46.0 Å². The Kier molecular flexibility index (Phi) is 7.60. The molecule has 0 radical (unpaired) electrons. The topological polar surface area (TPSA) is 70.2 Å². The number of nitrogens with one attached hydrogen (secondary N) is 3. The predicted molar refractivity (Wildman–Crippen MR) is 88.7 cm³/mol. The Hall–Kier alpha value is -1.88. The van der Waals surface area contributed by atoms with Crippen LogP contribution in [0, 0.1) is 5.92 Å². The van der Waals surface area contributed by atoms with Crippen molar-refractivity contribution in [1.29, 1.82) is 0 Å². The molecule has 2 amide bonds. The summed E-state index contributed by atoms with van der Waals surface area (Å²) < 4.78 is 0. The highest BCUT2D eigenvalue weighted by atomic mass is 16.2. The van der Waals surface area contributed by atoms with E-state index in [9.17, 15) is 9.59 Å². The van der Waals surface area contributed by atoms with Crippen LogP contribution in [-0.4, -0.2) is 37.5 Å². The van der Waals surface area contributed by atoms with Gasteiger partial charge in [0, 0.05) is 18.2 Å². The standard InChI is InChI=1S/C17H27N3O2/c1-5-12(2)15(17(22)19-11-13(3)18-4)20-16(21)14-9-7-6-8-10-14/h6-10,12-13,15,18H,5,11H2,1-4H3,(H,19,22)(H,20,21). The lowest BCUT2D eigenvalue weighted by atomic mass is 9.97. The SMILES string of the molecule is CCC(C)C(NC(=O)c1ccccc1)C(=O)NCC(C)NC. The van der Waals surface area contributed by atoms with Crippen molar-refractivity contribution in [3.05, 3.63) is 35.9 Å². The molecule has 0 aliphatic carbocycles. The Balaban J connectivity index is 2.72. The molecule has 0 bridgehead atoms. The van der Waals surface area contributed by atoms with Gasteiger partial charge in [-0.3, -0.25) is 9.59 Å². The van der Waals surface area contributed by atoms with Gasteiger partial charge in [0.05, 0.1) is 0 Å². The highest BCUT2D eigenvalue weighted by molar-refractivity contribution is 5.97. The smallest absolute Gasteiger partial charge is 0.251 e. The molecule has 1 aromatic rings. The minimum atomic E-state index is -0.526. The average molecular weight is 305 g/mol. The molecule has 122 valence electrons. The largest absolute Gasteiger partial charge is 0.353 e. The zero-order valence-corrected chi connectivity index (χ0v) is 13.8. The monoisotopic (exact) mass is 305 g/mol. The van der Waals surface area contributed by atoms with E-state index >= 15 is 0 Å². The molecule has 0 saturated heterocycles. The number of carbonyl (C=O) groups excluding carboxylic acids is 2. The molecule has 5 heteroatoms. The molecule has 0 aliphatic heterocycles. The number of hydrogen-bond acceptors (Lipinski definition) is 3. The van der Waals surface area contributed by atoms with Crippen LogP contribution in [0.25, 0.3) is 0 Å². The first-order chi connectivity index (χ1) is 10.5. The van der Waals surface area contributed by atoms with Crippen LogP contribution in [0.5, 0.6) is 0 Å². The molecular weight excluding hydrogens is 278 g/mol. The lowest BCUT2D eigenvalue weighted by molar-refractivity contribution is -0.124. The minimum absolute atomic E-state index is 0.0672. The molecule has 22 heavy (non-hydrogen) atoms. The van der Waals surface area contributed by atoms with Gasteiger partial charge in [-0.1, -0.05) is 38.5 Å². The summed E-state index contributed by atoms with van der Waals surface area (Å²) in [4.78, 5) is 24.6. The fraction of sp³-hybridized carbons (Fsp3) is 0.529. The summed E-state index contributed by atoms with van der Waals surface area (Å²) in [5.74, 6) is -0.291. The van der Waals surface area contributed by atoms with Gasteiger partial charge in [0.25, 0.3) is 5.91 Å². The van der Waals surface area contributed by atoms with E-state index in [0.29, 0.717) is 12.1 Å². The molecule has 3 unspecified atom stereocenters. The van der Waals surface area contributed by atoms with Crippen molar-refractivity contribution in [3.63, 3.8) is 0 Å². The van der Waals surface area contributed by atoms with E-state index in [1.165, 1.54) is 0 Å². The first kappa shape index (κ1) is 18.2. The van der Waals surface area contributed by atoms with Gasteiger partial charge in [0.1, 0.15) is 6.04 Å². The summed E-state index contributed by atoms with van der Waals surface area (Å²) in [7, 11) is 1.85. The lowest BCUT2D eigenvalue weighted by Gasteiger charge is -2.24. The van der Waals surface area contributed by atoms with Gasteiger partial charge in [-0.15, -0.1) is 0 Å². The van der Waals surface area contributed by atoms with E-state index in [2.05, 4.69) is 16.0 Å². The van der Waals surface area contributed by atoms with Gasteiger partial charge in [-0.25, -0.2) is 0 Å². The molecule has 3 N–H and O–H groups in total. The van der Waals surface area contributed by atoms with E-state index in [4.69, 9.17) is 0 Å². The maximum atomic E-state index is 12.4. The molecule has 0 aliphatic rings. The van der Waals surface area contributed by atoms with Crippen LogP contribution in [0.1, 0.15) is 37.6 Å². The molecule has 1 rings (SSSR count). The molecule has 1 aromatic carbocycles. The van der Waals surface area contributed by atoms with Crippen LogP contribution in [0.4, 0.5) is 0 Å². The molecule has 0 heterocycles. The van der Waals surface area contributed by atoms with Crippen LogP contribution in [0.2, 0.25) is 0 Å². The van der Waals surface area contributed by atoms with Crippen LogP contribution in [-0.2, 0) is 4.79 Å². The van der Waals surface area contributed by atoms with Crippen LogP contribution in [0.15, 0.2) is 30.3 Å². The average Bonchev–Trinajstić information content (AvgIpc) is 2.56. The number of hydrogen-bond donors (Lipinski definition) is 3. The summed E-state index contributed by atoms with van der Waals surface area (Å²) in [5, 5.41) is 8.81. The first-order valence-corrected chi connectivity index (χ1v) is 7.80. The summed E-state index contributed by atoms with van der Waals surface area (Å²) in [6.07, 6.45) is 0.814. The number of carbonyl (C=O) groups is 2. The second kappa shape index (κ2) is 9.20. The van der Waals surface area contributed by atoms with Gasteiger partial charge in [-0.05, 0) is 32.0 Å². The fourth-order valence-electron chi connectivity index (χ4n) is 1.98. The van der Waals surface area contributed by atoms with Gasteiger partial charge in [-0.2, -0.15) is 0 Å². The van der Waals surface area contributed by atoms with Crippen molar-refractivity contribution >= 4 is 11.8 Å². The van der Waals surface area contributed by atoms with Gasteiger partial charge >= 0.3 is 0 Å². The molecule has 0 spiro atoms. The Morgan fingerprint density at radius 1 is 1.14 bits per heavy atom. The van der Waals surface area contributed by atoms with Gasteiger partial charge in [0.2, 0.25) is 5.91 Å². The number of likely N-dealkylation sites (N-methyl/N-ethyl adjacent to an activating group) is 1. The normalized spacial score (nSPS) is 14.7. The molecule has 0 fully saturated rings. The van der Waals surface area contributed by atoms with E-state index < -0.39 is 6.04 Å². The summed E-state index contributed by atoms with van der Waals surface area (Å²) in [5.41, 5.74) is 0.562. The number of amides is 2. The number of benzene rings is 1. The molecule has 3 atom stereocenters. The lowest BCUT2D eigenvalue weighted by Crippen LogP contribution is -2.52. The summed E-state index contributed by atoms with van der Waals surface area (Å²) in [6, 6.07) is 8.61. The first-order valence-electron chi connectivity index (χ1n) is 7.80. The Morgan fingerprint density at radius 2 is 1.77 bits per heavy atom.